The van der Waals surface area contributed by atoms with Crippen molar-refractivity contribution in [2.24, 2.45) is 0 Å². The van der Waals surface area contributed by atoms with Crippen molar-refractivity contribution >= 4 is 27.5 Å². The zero-order valence-electron chi connectivity index (χ0n) is 19.1. The van der Waals surface area contributed by atoms with Crippen LogP contribution in [0, 0.1) is 18.3 Å². The van der Waals surface area contributed by atoms with E-state index < -0.39 is 5.97 Å². The van der Waals surface area contributed by atoms with E-state index in [9.17, 15) is 9.59 Å². The van der Waals surface area contributed by atoms with Crippen LogP contribution in [0.1, 0.15) is 52.1 Å². The van der Waals surface area contributed by atoms with Gasteiger partial charge in [0.05, 0.1) is 29.7 Å². The average Bonchev–Trinajstić information content (AvgIpc) is 3.16. The summed E-state index contributed by atoms with van der Waals surface area (Å²) in [5.41, 5.74) is 2.27. The number of nitriles is 1. The van der Waals surface area contributed by atoms with E-state index in [0.717, 1.165) is 32.7 Å². The number of thiophene rings is 1. The first kappa shape index (κ1) is 23.1. The normalized spacial score (nSPS) is 15.9. The number of benzene rings is 1. The molecular weight excluding hydrogens is 438 g/mol. The van der Waals surface area contributed by atoms with Crippen LogP contribution in [0.15, 0.2) is 29.1 Å². The summed E-state index contributed by atoms with van der Waals surface area (Å²) in [5, 5.41) is 9.41. The monoisotopic (exact) mass is 465 g/mol. The number of ether oxygens (including phenoxy) is 1. The Morgan fingerprint density at radius 1 is 1.27 bits per heavy atom. The van der Waals surface area contributed by atoms with Gasteiger partial charge in [0, 0.05) is 32.7 Å². The Morgan fingerprint density at radius 3 is 2.61 bits per heavy atom. The number of aryl methyl sites for hydroxylation is 1. The zero-order valence-corrected chi connectivity index (χ0v) is 19.9. The summed E-state index contributed by atoms with van der Waals surface area (Å²) < 4.78 is 5.12. The van der Waals surface area contributed by atoms with Crippen LogP contribution in [0.5, 0.6) is 0 Å². The number of rotatable bonds is 6. The number of nitrogens with one attached hydrogen (secondary N) is 1. The molecule has 1 aliphatic heterocycles. The van der Waals surface area contributed by atoms with Crippen molar-refractivity contribution in [3.05, 3.63) is 62.0 Å². The first-order valence-electron chi connectivity index (χ1n) is 11.1. The van der Waals surface area contributed by atoms with E-state index in [4.69, 9.17) is 15.0 Å². The summed E-state index contributed by atoms with van der Waals surface area (Å²) in [4.78, 5) is 38.4. The van der Waals surface area contributed by atoms with Gasteiger partial charge < -0.3 is 9.72 Å². The molecule has 0 radical (unpaired) electrons. The standard InChI is InChI=1S/C24H27N5O3S/c1-4-32-24(31)20-15(2)19-22(30)26-21(27-23(19)33-20)16(3)29-11-9-28(10-12-29)14-18-7-5-17(13-25)6-8-18/h5-8,16H,4,9-12,14H2,1-3H3,(H,26,27,30). The van der Waals surface area contributed by atoms with Crippen LogP contribution in [0.3, 0.4) is 0 Å². The molecule has 9 heteroatoms. The van der Waals surface area contributed by atoms with Crippen molar-refractivity contribution in [3.8, 4) is 6.07 Å². The third-order valence-corrected chi connectivity index (χ3v) is 7.28. The van der Waals surface area contributed by atoms with Crippen molar-refractivity contribution in [1.29, 1.82) is 5.26 Å². The zero-order chi connectivity index (χ0) is 23.5. The molecule has 33 heavy (non-hydrogen) atoms. The maximum absolute atomic E-state index is 12.8. The third-order valence-electron chi connectivity index (χ3n) is 6.12. The van der Waals surface area contributed by atoms with Gasteiger partial charge in [-0.2, -0.15) is 5.26 Å². The Labute approximate surface area is 196 Å². The fourth-order valence-corrected chi connectivity index (χ4v) is 5.26. The Hall–Kier alpha value is -3.06. The lowest BCUT2D eigenvalue weighted by Crippen LogP contribution is -2.47. The quantitative estimate of drug-likeness (QED) is 0.558. The van der Waals surface area contributed by atoms with Gasteiger partial charge in [-0.1, -0.05) is 12.1 Å². The highest BCUT2D eigenvalue weighted by Gasteiger charge is 2.26. The van der Waals surface area contributed by atoms with Crippen LogP contribution < -0.4 is 5.56 Å². The van der Waals surface area contributed by atoms with E-state index in [0.29, 0.717) is 32.0 Å². The molecule has 0 spiro atoms. The molecule has 1 atom stereocenters. The highest BCUT2D eigenvalue weighted by atomic mass is 32.1. The molecule has 0 aliphatic carbocycles. The number of hydrogen-bond acceptors (Lipinski definition) is 8. The van der Waals surface area contributed by atoms with E-state index >= 15 is 0 Å². The highest BCUT2D eigenvalue weighted by molar-refractivity contribution is 7.20. The Balaban J connectivity index is 1.45. The summed E-state index contributed by atoms with van der Waals surface area (Å²) >= 11 is 1.22. The molecule has 1 aromatic carbocycles. The Bertz CT molecular complexity index is 1250. The molecule has 3 heterocycles. The minimum absolute atomic E-state index is 0.0485. The lowest BCUT2D eigenvalue weighted by molar-refractivity contribution is 0.0531. The number of piperazine rings is 1. The molecule has 1 saturated heterocycles. The lowest BCUT2D eigenvalue weighted by Gasteiger charge is -2.37. The predicted molar refractivity (Wildman–Crippen MR) is 127 cm³/mol. The molecule has 1 unspecified atom stereocenters. The smallest absolute Gasteiger partial charge is 0.348 e. The highest BCUT2D eigenvalue weighted by Crippen LogP contribution is 2.29. The van der Waals surface area contributed by atoms with Crippen LogP contribution in [0.2, 0.25) is 0 Å². The SMILES string of the molecule is CCOC(=O)c1sc2nc(C(C)N3CCN(Cc4ccc(C#N)cc4)CC3)[nH]c(=O)c2c1C. The van der Waals surface area contributed by atoms with E-state index in [2.05, 4.69) is 20.9 Å². The van der Waals surface area contributed by atoms with E-state index in [1.54, 1.807) is 13.8 Å². The second-order valence-electron chi connectivity index (χ2n) is 8.20. The molecule has 8 nitrogen and oxygen atoms in total. The molecule has 2 aromatic heterocycles. The molecular formula is C24H27N5O3S. The van der Waals surface area contributed by atoms with Crippen LogP contribution in [-0.2, 0) is 11.3 Å². The summed E-state index contributed by atoms with van der Waals surface area (Å²) in [5.74, 6) is 0.204. The van der Waals surface area contributed by atoms with Crippen LogP contribution >= 0.6 is 11.3 Å². The topological polar surface area (TPSA) is 102 Å². The Kier molecular flexibility index (Phi) is 6.88. The second kappa shape index (κ2) is 9.83. The van der Waals surface area contributed by atoms with Crippen LogP contribution in [0.25, 0.3) is 10.2 Å². The number of aromatic nitrogens is 2. The van der Waals surface area contributed by atoms with Gasteiger partial charge in [-0.15, -0.1) is 11.3 Å². The van der Waals surface area contributed by atoms with Gasteiger partial charge in [-0.25, -0.2) is 9.78 Å². The van der Waals surface area contributed by atoms with Crippen LogP contribution in [0.4, 0.5) is 0 Å². The van der Waals surface area contributed by atoms with Gasteiger partial charge in [-0.3, -0.25) is 14.6 Å². The van der Waals surface area contributed by atoms with Gasteiger partial charge in [0.1, 0.15) is 15.5 Å². The summed E-state index contributed by atoms with van der Waals surface area (Å²) in [6.07, 6.45) is 0. The third kappa shape index (κ3) is 4.83. The molecule has 0 saturated carbocycles. The first-order valence-corrected chi connectivity index (χ1v) is 11.9. The minimum atomic E-state index is -0.412. The van der Waals surface area contributed by atoms with Crippen molar-refractivity contribution in [3.63, 3.8) is 0 Å². The van der Waals surface area contributed by atoms with Crippen molar-refractivity contribution in [2.75, 3.05) is 32.8 Å². The van der Waals surface area contributed by atoms with Crippen molar-refractivity contribution in [1.82, 2.24) is 19.8 Å². The number of hydrogen-bond donors (Lipinski definition) is 1. The number of carbonyl (C=O) groups excluding carboxylic acids is 1. The fourth-order valence-electron chi connectivity index (χ4n) is 4.17. The molecule has 0 amide bonds. The fraction of sp³-hybridized carbons (Fsp3) is 0.417. The molecule has 4 rings (SSSR count). The maximum Gasteiger partial charge on any atom is 0.348 e. The van der Waals surface area contributed by atoms with Crippen LogP contribution in [-0.4, -0.2) is 58.5 Å². The molecule has 1 aliphatic rings. The minimum Gasteiger partial charge on any atom is -0.462 e. The first-order chi connectivity index (χ1) is 15.9. The predicted octanol–water partition coefficient (Wildman–Crippen LogP) is 3.22. The van der Waals surface area contributed by atoms with Gasteiger partial charge in [0.2, 0.25) is 0 Å². The van der Waals surface area contributed by atoms with Gasteiger partial charge in [-0.05, 0) is 44.0 Å². The summed E-state index contributed by atoms with van der Waals surface area (Å²) in [6.45, 7) is 10.2. The van der Waals surface area contributed by atoms with Crippen molar-refractivity contribution in [2.45, 2.75) is 33.4 Å². The lowest BCUT2D eigenvalue weighted by atomic mass is 10.1. The summed E-state index contributed by atoms with van der Waals surface area (Å²) in [6, 6.07) is 9.82. The average molecular weight is 466 g/mol. The number of nitrogens with zero attached hydrogens (tertiary/aromatic N) is 4. The molecule has 172 valence electrons. The van der Waals surface area contributed by atoms with E-state index in [1.165, 1.54) is 16.9 Å². The Morgan fingerprint density at radius 2 is 1.97 bits per heavy atom. The maximum atomic E-state index is 12.8. The van der Waals surface area contributed by atoms with Gasteiger partial charge >= 0.3 is 5.97 Å². The number of fused-ring (bicyclic) bond motifs is 1. The van der Waals surface area contributed by atoms with E-state index in [1.807, 2.05) is 31.2 Å². The number of carbonyl (C=O) groups is 1. The number of aromatic amines is 1. The summed E-state index contributed by atoms with van der Waals surface area (Å²) in [7, 11) is 0. The van der Waals surface area contributed by atoms with Gasteiger partial charge in [0.15, 0.2) is 0 Å². The number of H-pyrrole nitrogens is 1. The largest absolute Gasteiger partial charge is 0.462 e. The number of esters is 1. The van der Waals surface area contributed by atoms with Gasteiger partial charge in [0.25, 0.3) is 5.56 Å². The second-order valence-corrected chi connectivity index (χ2v) is 9.20. The molecule has 0 bridgehead atoms. The molecule has 3 aromatic rings. The van der Waals surface area contributed by atoms with Crippen molar-refractivity contribution < 1.29 is 9.53 Å². The molecule has 1 fully saturated rings. The molecule has 1 N–H and O–H groups in total. The van der Waals surface area contributed by atoms with E-state index in [-0.39, 0.29) is 18.2 Å².